The van der Waals surface area contributed by atoms with E-state index in [0.717, 1.165) is 12.8 Å². The van der Waals surface area contributed by atoms with E-state index in [1.807, 2.05) is 0 Å². The number of hydrogen-bond acceptors (Lipinski definition) is 3. The van der Waals surface area contributed by atoms with Crippen LogP contribution in [0.5, 0.6) is 0 Å². The molecule has 0 aromatic heterocycles. The minimum atomic E-state index is -0.556. The van der Waals surface area contributed by atoms with Gasteiger partial charge in [-0.15, -0.1) is 6.58 Å². The third kappa shape index (κ3) is 13.1. The summed E-state index contributed by atoms with van der Waals surface area (Å²) in [4.78, 5) is 11.0. The van der Waals surface area contributed by atoms with Gasteiger partial charge in [0.15, 0.2) is 0 Å². The highest BCUT2D eigenvalue weighted by molar-refractivity contribution is 5.59. The Morgan fingerprint density at radius 1 is 0.944 bits per heavy atom. The van der Waals surface area contributed by atoms with E-state index in [1.54, 1.807) is 6.08 Å². The molecule has 3 heteroatoms. The summed E-state index contributed by atoms with van der Waals surface area (Å²) in [5, 5.41) is 0. The molecule has 0 aromatic carbocycles. The molecule has 0 heterocycles. The van der Waals surface area contributed by atoms with Crippen molar-refractivity contribution in [1.29, 1.82) is 0 Å². The third-order valence-electron chi connectivity index (χ3n) is 2.76. The molecule has 0 saturated carbocycles. The lowest BCUT2D eigenvalue weighted by atomic mass is 10.1. The Balaban J connectivity index is 3.10. The molecule has 0 unspecified atom stereocenters. The lowest BCUT2D eigenvalue weighted by Gasteiger charge is -2.05. The molecule has 0 saturated heterocycles. The number of carbonyl (C=O) groups is 1. The predicted molar refractivity (Wildman–Crippen MR) is 74.7 cm³/mol. The highest BCUT2D eigenvalue weighted by Gasteiger charge is 2.01. The van der Waals surface area contributed by atoms with Crippen molar-refractivity contribution >= 4 is 6.16 Å². The van der Waals surface area contributed by atoms with Crippen LogP contribution in [0.4, 0.5) is 4.79 Å². The number of rotatable bonds is 12. The van der Waals surface area contributed by atoms with E-state index in [9.17, 15) is 4.79 Å². The first-order chi connectivity index (χ1) is 8.81. The van der Waals surface area contributed by atoms with Crippen LogP contribution in [0.15, 0.2) is 12.7 Å². The van der Waals surface area contributed by atoms with Crippen molar-refractivity contribution < 1.29 is 14.3 Å². The monoisotopic (exact) mass is 256 g/mol. The third-order valence-corrected chi connectivity index (χ3v) is 2.76. The van der Waals surface area contributed by atoms with E-state index < -0.39 is 6.16 Å². The largest absolute Gasteiger partial charge is 0.508 e. The SMILES string of the molecule is C=CCCOC(=O)OCCCCCCCCCC. The van der Waals surface area contributed by atoms with E-state index >= 15 is 0 Å². The molecule has 0 aliphatic heterocycles. The van der Waals surface area contributed by atoms with E-state index in [2.05, 4.69) is 13.5 Å². The summed E-state index contributed by atoms with van der Waals surface area (Å²) in [6.45, 7) is 6.61. The molecule has 0 atom stereocenters. The van der Waals surface area contributed by atoms with Crippen molar-refractivity contribution in [2.45, 2.75) is 64.7 Å². The topological polar surface area (TPSA) is 35.5 Å². The predicted octanol–water partition coefficient (Wildman–Crippen LogP) is 4.86. The van der Waals surface area contributed by atoms with Gasteiger partial charge in [-0.05, 0) is 12.8 Å². The van der Waals surface area contributed by atoms with Crippen LogP contribution in [-0.4, -0.2) is 19.4 Å². The van der Waals surface area contributed by atoms with Gasteiger partial charge >= 0.3 is 6.16 Å². The summed E-state index contributed by atoms with van der Waals surface area (Å²) in [5.74, 6) is 0. The quantitative estimate of drug-likeness (QED) is 0.284. The fourth-order valence-corrected chi connectivity index (χ4v) is 1.66. The summed E-state index contributed by atoms with van der Waals surface area (Å²) in [7, 11) is 0. The molecule has 18 heavy (non-hydrogen) atoms. The maximum atomic E-state index is 11.0. The zero-order valence-electron chi connectivity index (χ0n) is 11.8. The first kappa shape index (κ1) is 17.0. The maximum Gasteiger partial charge on any atom is 0.508 e. The Bertz CT molecular complexity index is 202. The molecular weight excluding hydrogens is 228 g/mol. The van der Waals surface area contributed by atoms with E-state index in [-0.39, 0.29) is 0 Å². The van der Waals surface area contributed by atoms with Crippen molar-refractivity contribution in [1.82, 2.24) is 0 Å². The Labute approximate surface area is 112 Å². The molecule has 106 valence electrons. The molecule has 0 bridgehead atoms. The van der Waals surface area contributed by atoms with Crippen molar-refractivity contribution in [2.24, 2.45) is 0 Å². The van der Waals surface area contributed by atoms with Gasteiger partial charge in [-0.3, -0.25) is 0 Å². The Morgan fingerprint density at radius 2 is 1.50 bits per heavy atom. The molecular formula is C15H28O3. The minimum Gasteiger partial charge on any atom is -0.434 e. The van der Waals surface area contributed by atoms with E-state index in [4.69, 9.17) is 9.47 Å². The van der Waals surface area contributed by atoms with Crippen molar-refractivity contribution in [3.8, 4) is 0 Å². The van der Waals surface area contributed by atoms with Crippen LogP contribution in [0.25, 0.3) is 0 Å². The van der Waals surface area contributed by atoms with Crippen LogP contribution >= 0.6 is 0 Å². The molecule has 0 N–H and O–H groups in total. The molecule has 0 aromatic rings. The van der Waals surface area contributed by atoms with Gasteiger partial charge in [0.25, 0.3) is 0 Å². The van der Waals surface area contributed by atoms with Crippen LogP contribution in [0.1, 0.15) is 64.7 Å². The molecule has 0 aliphatic rings. The van der Waals surface area contributed by atoms with E-state index in [1.165, 1.54) is 38.5 Å². The summed E-state index contributed by atoms with van der Waals surface area (Å²) >= 11 is 0. The lowest BCUT2D eigenvalue weighted by molar-refractivity contribution is 0.0553. The van der Waals surface area contributed by atoms with Crippen molar-refractivity contribution in [3.63, 3.8) is 0 Å². The summed E-state index contributed by atoms with van der Waals surface area (Å²) < 4.78 is 9.76. The Morgan fingerprint density at radius 3 is 2.11 bits per heavy atom. The van der Waals surface area contributed by atoms with Crippen LogP contribution in [0.2, 0.25) is 0 Å². The number of carbonyl (C=O) groups excluding carboxylic acids is 1. The van der Waals surface area contributed by atoms with Crippen LogP contribution in [0, 0.1) is 0 Å². The zero-order chi connectivity index (χ0) is 13.5. The van der Waals surface area contributed by atoms with Crippen LogP contribution in [-0.2, 0) is 9.47 Å². The fraction of sp³-hybridized carbons (Fsp3) is 0.800. The molecule has 0 aliphatic carbocycles. The normalized spacial score (nSPS) is 10.1. The van der Waals surface area contributed by atoms with Gasteiger partial charge in [0, 0.05) is 0 Å². The van der Waals surface area contributed by atoms with Crippen LogP contribution in [0.3, 0.4) is 0 Å². The average molecular weight is 256 g/mol. The lowest BCUT2D eigenvalue weighted by Crippen LogP contribution is -2.09. The van der Waals surface area contributed by atoms with Gasteiger partial charge < -0.3 is 9.47 Å². The standard InChI is InChI=1S/C15H28O3/c1-3-5-7-8-9-10-11-12-14-18-15(16)17-13-6-4-2/h4H,2-3,5-14H2,1H3. The zero-order valence-corrected chi connectivity index (χ0v) is 11.8. The second kappa shape index (κ2) is 14.1. The van der Waals surface area contributed by atoms with Gasteiger partial charge in [0.05, 0.1) is 13.2 Å². The van der Waals surface area contributed by atoms with Crippen molar-refractivity contribution in [2.75, 3.05) is 13.2 Å². The maximum absolute atomic E-state index is 11.0. The molecule has 0 radical (unpaired) electrons. The average Bonchev–Trinajstić information content (AvgIpc) is 2.37. The summed E-state index contributed by atoms with van der Waals surface area (Å²) in [6, 6.07) is 0. The van der Waals surface area contributed by atoms with E-state index in [0.29, 0.717) is 19.6 Å². The number of ether oxygens (including phenoxy) is 2. The summed E-state index contributed by atoms with van der Waals surface area (Å²) in [5.41, 5.74) is 0. The second-order valence-corrected chi connectivity index (χ2v) is 4.50. The number of hydrogen-bond donors (Lipinski definition) is 0. The van der Waals surface area contributed by atoms with Gasteiger partial charge in [0.2, 0.25) is 0 Å². The molecule has 0 spiro atoms. The minimum absolute atomic E-state index is 0.361. The molecule has 0 amide bonds. The number of unbranched alkanes of at least 4 members (excludes halogenated alkanes) is 7. The first-order valence-electron chi connectivity index (χ1n) is 7.21. The molecule has 0 fully saturated rings. The summed E-state index contributed by atoms with van der Waals surface area (Å²) in [6.07, 6.45) is 11.7. The Hall–Kier alpha value is -0.990. The Kier molecular flexibility index (Phi) is 13.3. The van der Waals surface area contributed by atoms with Gasteiger partial charge in [0.1, 0.15) is 0 Å². The first-order valence-corrected chi connectivity index (χ1v) is 7.21. The second-order valence-electron chi connectivity index (χ2n) is 4.50. The smallest absolute Gasteiger partial charge is 0.434 e. The highest BCUT2D eigenvalue weighted by Crippen LogP contribution is 2.08. The molecule has 3 nitrogen and oxygen atoms in total. The van der Waals surface area contributed by atoms with Crippen molar-refractivity contribution in [3.05, 3.63) is 12.7 Å². The van der Waals surface area contributed by atoms with Gasteiger partial charge in [-0.2, -0.15) is 0 Å². The van der Waals surface area contributed by atoms with Crippen LogP contribution < -0.4 is 0 Å². The fourth-order valence-electron chi connectivity index (χ4n) is 1.66. The van der Waals surface area contributed by atoms with Gasteiger partial charge in [-0.1, -0.05) is 57.9 Å². The molecule has 0 rings (SSSR count). The highest BCUT2D eigenvalue weighted by atomic mass is 16.7. The van der Waals surface area contributed by atoms with Gasteiger partial charge in [-0.25, -0.2) is 4.79 Å².